The van der Waals surface area contributed by atoms with E-state index >= 15 is 0 Å². The third kappa shape index (κ3) is 2.46. The number of hydrogen-bond donors (Lipinski definition) is 2. The lowest BCUT2D eigenvalue weighted by Gasteiger charge is -2.15. The molecule has 16 heavy (non-hydrogen) atoms. The van der Waals surface area contributed by atoms with Crippen LogP contribution in [0.5, 0.6) is 5.75 Å². The van der Waals surface area contributed by atoms with E-state index < -0.39 is 5.92 Å². The standard InChI is InChI=1S/C11H15ClN2O2/c1-6-4-10(16-3)8(5-9(6)12)7(2)11(15)14-13/h4-5,7H,13H2,1-3H3,(H,14,15). The molecule has 0 fully saturated rings. The van der Waals surface area contributed by atoms with Crippen LogP contribution >= 0.6 is 11.6 Å². The zero-order valence-corrected chi connectivity index (χ0v) is 10.3. The second-order valence-electron chi connectivity index (χ2n) is 3.57. The summed E-state index contributed by atoms with van der Waals surface area (Å²) in [5.41, 5.74) is 3.74. The van der Waals surface area contributed by atoms with E-state index in [0.29, 0.717) is 10.8 Å². The molecule has 88 valence electrons. The van der Waals surface area contributed by atoms with E-state index in [1.165, 1.54) is 0 Å². The number of hydrogen-bond acceptors (Lipinski definition) is 3. The first kappa shape index (κ1) is 12.8. The van der Waals surface area contributed by atoms with Crippen LogP contribution < -0.4 is 16.0 Å². The fourth-order valence-corrected chi connectivity index (χ4v) is 1.62. The number of hydrazine groups is 1. The Morgan fingerprint density at radius 2 is 2.19 bits per heavy atom. The summed E-state index contributed by atoms with van der Waals surface area (Å²) in [6, 6.07) is 3.54. The summed E-state index contributed by atoms with van der Waals surface area (Å²) in [6.45, 7) is 3.62. The van der Waals surface area contributed by atoms with Gasteiger partial charge in [0.05, 0.1) is 13.0 Å². The molecule has 0 radical (unpaired) electrons. The van der Waals surface area contributed by atoms with Gasteiger partial charge in [-0.05, 0) is 31.5 Å². The van der Waals surface area contributed by atoms with E-state index in [1.54, 1.807) is 26.2 Å². The number of rotatable bonds is 3. The van der Waals surface area contributed by atoms with E-state index in [0.717, 1.165) is 11.1 Å². The molecule has 0 spiro atoms. The Kier molecular flexibility index (Phi) is 4.15. The molecular weight excluding hydrogens is 228 g/mol. The van der Waals surface area contributed by atoms with Crippen LogP contribution in [0.25, 0.3) is 0 Å². The quantitative estimate of drug-likeness (QED) is 0.482. The SMILES string of the molecule is COc1cc(C)c(Cl)cc1C(C)C(=O)NN. The molecule has 3 N–H and O–H groups in total. The van der Waals surface area contributed by atoms with Crippen molar-refractivity contribution in [3.8, 4) is 5.75 Å². The Balaban J connectivity index is 3.21. The van der Waals surface area contributed by atoms with E-state index in [2.05, 4.69) is 5.43 Å². The topological polar surface area (TPSA) is 64.3 Å². The lowest BCUT2D eigenvalue weighted by molar-refractivity contribution is -0.122. The maximum Gasteiger partial charge on any atom is 0.241 e. The monoisotopic (exact) mass is 242 g/mol. The highest BCUT2D eigenvalue weighted by molar-refractivity contribution is 6.31. The molecule has 1 unspecified atom stereocenters. The smallest absolute Gasteiger partial charge is 0.241 e. The minimum Gasteiger partial charge on any atom is -0.496 e. The lowest BCUT2D eigenvalue weighted by Crippen LogP contribution is -2.33. The summed E-state index contributed by atoms with van der Waals surface area (Å²) in [5.74, 6) is 5.05. The van der Waals surface area contributed by atoms with Gasteiger partial charge in [0.2, 0.25) is 5.91 Å². The summed E-state index contributed by atoms with van der Waals surface area (Å²) in [4.78, 5) is 11.4. The molecule has 4 nitrogen and oxygen atoms in total. The maximum absolute atomic E-state index is 11.4. The van der Waals surface area contributed by atoms with Crippen LogP contribution in [0.15, 0.2) is 12.1 Å². The Labute approximate surface area is 99.7 Å². The van der Waals surface area contributed by atoms with Gasteiger partial charge in [-0.2, -0.15) is 0 Å². The van der Waals surface area contributed by atoms with Crippen LogP contribution in [-0.4, -0.2) is 13.0 Å². The van der Waals surface area contributed by atoms with Gasteiger partial charge < -0.3 is 4.74 Å². The van der Waals surface area contributed by atoms with Crippen molar-refractivity contribution >= 4 is 17.5 Å². The van der Waals surface area contributed by atoms with Crippen molar-refractivity contribution in [3.05, 3.63) is 28.3 Å². The molecule has 1 rings (SSSR count). The number of halogens is 1. The van der Waals surface area contributed by atoms with Crippen molar-refractivity contribution < 1.29 is 9.53 Å². The van der Waals surface area contributed by atoms with Crippen molar-refractivity contribution in [2.24, 2.45) is 5.84 Å². The second kappa shape index (κ2) is 5.18. The molecule has 0 aliphatic rings. The van der Waals surface area contributed by atoms with E-state index in [9.17, 15) is 4.79 Å². The van der Waals surface area contributed by atoms with Gasteiger partial charge in [-0.3, -0.25) is 10.2 Å². The number of carbonyl (C=O) groups is 1. The van der Waals surface area contributed by atoms with Crippen molar-refractivity contribution in [2.75, 3.05) is 7.11 Å². The molecule has 0 aromatic heterocycles. The third-order valence-corrected chi connectivity index (χ3v) is 2.92. The number of benzene rings is 1. The highest BCUT2D eigenvalue weighted by atomic mass is 35.5. The molecular formula is C11H15ClN2O2. The van der Waals surface area contributed by atoms with Gasteiger partial charge in [0.25, 0.3) is 0 Å². The van der Waals surface area contributed by atoms with Crippen LogP contribution in [0.3, 0.4) is 0 Å². The van der Waals surface area contributed by atoms with Crippen LogP contribution in [0.2, 0.25) is 5.02 Å². The molecule has 0 aliphatic carbocycles. The number of nitrogens with one attached hydrogen (secondary N) is 1. The summed E-state index contributed by atoms with van der Waals surface area (Å²) >= 11 is 6.02. The average Bonchev–Trinajstić information content (AvgIpc) is 2.30. The first-order valence-electron chi connectivity index (χ1n) is 4.85. The fourth-order valence-electron chi connectivity index (χ4n) is 1.45. The first-order valence-corrected chi connectivity index (χ1v) is 5.23. The molecule has 0 saturated carbocycles. The molecule has 1 amide bonds. The summed E-state index contributed by atoms with van der Waals surface area (Å²) in [5, 5.41) is 0.604. The minimum absolute atomic E-state index is 0.279. The number of nitrogens with two attached hydrogens (primary N) is 1. The molecule has 1 aromatic carbocycles. The second-order valence-corrected chi connectivity index (χ2v) is 3.98. The highest BCUT2D eigenvalue weighted by Gasteiger charge is 2.19. The van der Waals surface area contributed by atoms with Crippen LogP contribution in [0, 0.1) is 6.92 Å². The van der Waals surface area contributed by atoms with Crippen LogP contribution in [0.4, 0.5) is 0 Å². The van der Waals surface area contributed by atoms with Gasteiger partial charge in [-0.1, -0.05) is 11.6 Å². The number of methoxy groups -OCH3 is 1. The van der Waals surface area contributed by atoms with Gasteiger partial charge in [0, 0.05) is 10.6 Å². The molecule has 0 aliphatic heterocycles. The van der Waals surface area contributed by atoms with Gasteiger partial charge in [0.1, 0.15) is 5.75 Å². The molecule has 1 aromatic rings. The number of aryl methyl sites for hydroxylation is 1. The third-order valence-electron chi connectivity index (χ3n) is 2.51. The molecule has 1 atom stereocenters. The highest BCUT2D eigenvalue weighted by Crippen LogP contribution is 2.31. The number of amides is 1. The van der Waals surface area contributed by atoms with Crippen LogP contribution in [0.1, 0.15) is 24.0 Å². The molecule has 0 saturated heterocycles. The van der Waals surface area contributed by atoms with E-state index in [-0.39, 0.29) is 5.91 Å². The molecule has 0 heterocycles. The van der Waals surface area contributed by atoms with Gasteiger partial charge >= 0.3 is 0 Å². The predicted molar refractivity (Wildman–Crippen MR) is 63.5 cm³/mol. The fraction of sp³-hybridized carbons (Fsp3) is 0.364. The Morgan fingerprint density at radius 1 is 1.56 bits per heavy atom. The van der Waals surface area contributed by atoms with Crippen molar-refractivity contribution in [3.63, 3.8) is 0 Å². The van der Waals surface area contributed by atoms with Crippen molar-refractivity contribution in [1.29, 1.82) is 0 Å². The zero-order chi connectivity index (χ0) is 12.3. The summed E-state index contributed by atoms with van der Waals surface area (Å²) in [7, 11) is 1.55. The van der Waals surface area contributed by atoms with E-state index in [4.69, 9.17) is 22.2 Å². The minimum atomic E-state index is -0.405. The molecule has 5 heteroatoms. The average molecular weight is 243 g/mol. The Bertz CT molecular complexity index is 407. The first-order chi connectivity index (χ1) is 7.51. The summed E-state index contributed by atoms with van der Waals surface area (Å²) in [6.07, 6.45) is 0. The normalized spacial score (nSPS) is 12.1. The van der Waals surface area contributed by atoms with Gasteiger partial charge in [-0.25, -0.2) is 5.84 Å². The zero-order valence-electron chi connectivity index (χ0n) is 9.50. The van der Waals surface area contributed by atoms with Crippen molar-refractivity contribution in [1.82, 2.24) is 5.43 Å². The van der Waals surface area contributed by atoms with Crippen LogP contribution in [-0.2, 0) is 4.79 Å². The largest absolute Gasteiger partial charge is 0.496 e. The maximum atomic E-state index is 11.4. The number of ether oxygens (including phenoxy) is 1. The lowest BCUT2D eigenvalue weighted by atomic mass is 9.98. The van der Waals surface area contributed by atoms with Gasteiger partial charge in [0.15, 0.2) is 0 Å². The summed E-state index contributed by atoms with van der Waals surface area (Å²) < 4.78 is 5.22. The van der Waals surface area contributed by atoms with E-state index in [1.807, 2.05) is 6.92 Å². The predicted octanol–water partition coefficient (Wildman–Crippen LogP) is 1.75. The Hall–Kier alpha value is -1.26. The van der Waals surface area contributed by atoms with Gasteiger partial charge in [-0.15, -0.1) is 0 Å². The molecule has 0 bridgehead atoms. The Morgan fingerprint density at radius 3 is 2.69 bits per heavy atom. The number of carbonyl (C=O) groups excluding carboxylic acids is 1. The van der Waals surface area contributed by atoms with Crippen molar-refractivity contribution in [2.45, 2.75) is 19.8 Å².